The molecule has 0 saturated carbocycles. The monoisotopic (exact) mass is 381 g/mol. The second-order valence-electron chi connectivity index (χ2n) is 5.72. The van der Waals surface area contributed by atoms with Gasteiger partial charge < -0.3 is 19.3 Å². The normalized spacial score (nSPS) is 10.8. The summed E-state index contributed by atoms with van der Waals surface area (Å²) in [5.74, 6) is 2.05. The second-order valence-corrected chi connectivity index (χ2v) is 5.72. The third-order valence-electron chi connectivity index (χ3n) is 3.86. The number of nitrogens with one attached hydrogen (secondary N) is 1. The lowest BCUT2D eigenvalue weighted by Gasteiger charge is -2.06. The van der Waals surface area contributed by atoms with Gasteiger partial charge in [0.2, 0.25) is 0 Å². The highest BCUT2D eigenvalue weighted by Gasteiger charge is 2.14. The highest BCUT2D eigenvalue weighted by Crippen LogP contribution is 2.26. The lowest BCUT2D eigenvalue weighted by atomic mass is 10.2. The molecule has 8 heteroatoms. The van der Waals surface area contributed by atoms with Gasteiger partial charge in [-0.1, -0.05) is 30.3 Å². The minimum absolute atomic E-state index is 0.0767. The number of rotatable bonds is 9. The molecule has 0 amide bonds. The lowest BCUT2D eigenvalue weighted by molar-refractivity contribution is -0.386. The van der Waals surface area contributed by atoms with Crippen LogP contribution in [0.5, 0.6) is 11.5 Å². The smallest absolute Gasteiger partial charge is 0.310 e. The maximum Gasteiger partial charge on any atom is 0.310 e. The molecule has 144 valence electrons. The SMILES string of the molecule is COc1ccccc1CN/N=C/c1ccc(COc2ccccc2[N+](=O)[O-])o1. The molecule has 0 aliphatic rings. The first-order valence-corrected chi connectivity index (χ1v) is 8.50. The Morgan fingerprint density at radius 2 is 1.86 bits per heavy atom. The molecule has 1 heterocycles. The van der Waals surface area contributed by atoms with Gasteiger partial charge in [-0.2, -0.15) is 5.10 Å². The zero-order valence-electron chi connectivity index (χ0n) is 15.2. The Bertz CT molecular complexity index is 968. The zero-order valence-corrected chi connectivity index (χ0v) is 15.2. The van der Waals surface area contributed by atoms with Crippen LogP contribution in [0.1, 0.15) is 17.1 Å². The molecule has 0 aliphatic carbocycles. The van der Waals surface area contributed by atoms with Gasteiger partial charge in [0.05, 0.1) is 24.8 Å². The minimum atomic E-state index is -0.483. The quantitative estimate of drug-likeness (QED) is 0.343. The molecule has 0 atom stereocenters. The van der Waals surface area contributed by atoms with E-state index in [1.165, 1.54) is 6.07 Å². The van der Waals surface area contributed by atoms with E-state index in [1.807, 2.05) is 24.3 Å². The van der Waals surface area contributed by atoms with Crippen LogP contribution < -0.4 is 14.9 Å². The van der Waals surface area contributed by atoms with Crippen molar-refractivity contribution in [1.29, 1.82) is 0 Å². The summed E-state index contributed by atoms with van der Waals surface area (Å²) in [7, 11) is 1.62. The fraction of sp³-hybridized carbons (Fsp3) is 0.150. The molecule has 1 N–H and O–H groups in total. The van der Waals surface area contributed by atoms with Crippen molar-refractivity contribution in [2.24, 2.45) is 5.10 Å². The molecule has 0 spiro atoms. The van der Waals surface area contributed by atoms with Gasteiger partial charge in [0.25, 0.3) is 0 Å². The maximum atomic E-state index is 11.0. The van der Waals surface area contributed by atoms with Crippen LogP contribution in [0.2, 0.25) is 0 Å². The van der Waals surface area contributed by atoms with Crippen molar-refractivity contribution in [2.45, 2.75) is 13.2 Å². The fourth-order valence-electron chi connectivity index (χ4n) is 2.51. The van der Waals surface area contributed by atoms with Crippen molar-refractivity contribution < 1.29 is 18.8 Å². The number of hydrogen-bond acceptors (Lipinski definition) is 7. The first kappa shape index (κ1) is 19.0. The number of nitrogens with zero attached hydrogens (tertiary/aromatic N) is 2. The molecule has 8 nitrogen and oxygen atoms in total. The van der Waals surface area contributed by atoms with E-state index < -0.39 is 4.92 Å². The summed E-state index contributed by atoms with van der Waals surface area (Å²) in [5, 5.41) is 15.1. The van der Waals surface area contributed by atoms with Gasteiger partial charge in [0.1, 0.15) is 23.9 Å². The molecule has 1 aromatic heterocycles. The van der Waals surface area contributed by atoms with Gasteiger partial charge in [-0.05, 0) is 24.3 Å². The van der Waals surface area contributed by atoms with E-state index in [4.69, 9.17) is 13.9 Å². The van der Waals surface area contributed by atoms with Gasteiger partial charge >= 0.3 is 5.69 Å². The predicted octanol–water partition coefficient (Wildman–Crippen LogP) is 3.90. The van der Waals surface area contributed by atoms with Crippen molar-refractivity contribution in [3.8, 4) is 11.5 Å². The van der Waals surface area contributed by atoms with E-state index >= 15 is 0 Å². The van der Waals surface area contributed by atoms with E-state index in [0.717, 1.165) is 11.3 Å². The molecule has 0 unspecified atom stereocenters. The summed E-state index contributed by atoms with van der Waals surface area (Å²) in [6.45, 7) is 0.586. The summed E-state index contributed by atoms with van der Waals surface area (Å²) in [6, 6.07) is 17.3. The Balaban J connectivity index is 1.53. The minimum Gasteiger partial charge on any atom is -0.496 e. The third-order valence-corrected chi connectivity index (χ3v) is 3.86. The summed E-state index contributed by atoms with van der Waals surface area (Å²) >= 11 is 0. The van der Waals surface area contributed by atoms with Crippen LogP contribution in [0, 0.1) is 10.1 Å². The van der Waals surface area contributed by atoms with Crippen molar-refractivity contribution in [3.63, 3.8) is 0 Å². The van der Waals surface area contributed by atoms with Crippen LogP contribution in [0.3, 0.4) is 0 Å². The Morgan fingerprint density at radius 3 is 2.64 bits per heavy atom. The molecule has 0 saturated heterocycles. The predicted molar refractivity (Wildman–Crippen MR) is 104 cm³/mol. The number of benzene rings is 2. The zero-order chi connectivity index (χ0) is 19.8. The van der Waals surface area contributed by atoms with Gasteiger partial charge in [-0.3, -0.25) is 10.1 Å². The number of nitro benzene ring substituents is 1. The average molecular weight is 381 g/mol. The van der Waals surface area contributed by atoms with Crippen LogP contribution in [0.25, 0.3) is 0 Å². The van der Waals surface area contributed by atoms with Crippen LogP contribution in [-0.2, 0) is 13.2 Å². The topological polar surface area (TPSA) is 99.1 Å². The first-order valence-electron chi connectivity index (χ1n) is 8.50. The number of methoxy groups -OCH3 is 1. The van der Waals surface area contributed by atoms with E-state index in [2.05, 4.69) is 10.5 Å². The molecule has 28 heavy (non-hydrogen) atoms. The molecular formula is C20H19N3O5. The van der Waals surface area contributed by atoms with Crippen LogP contribution in [0.15, 0.2) is 70.2 Å². The summed E-state index contributed by atoms with van der Waals surface area (Å²) in [4.78, 5) is 10.5. The van der Waals surface area contributed by atoms with Gasteiger partial charge in [-0.25, -0.2) is 0 Å². The number of furan rings is 1. The van der Waals surface area contributed by atoms with Gasteiger partial charge in [0.15, 0.2) is 5.75 Å². The van der Waals surface area contributed by atoms with Crippen LogP contribution in [-0.4, -0.2) is 18.2 Å². The number of nitro groups is 1. The van der Waals surface area contributed by atoms with Crippen molar-refractivity contribution in [3.05, 3.63) is 87.9 Å². The standard InChI is InChI=1S/C20H19N3O5/c1-26-19-8-4-2-6-15(19)12-21-22-13-16-10-11-17(28-16)14-27-20-9-5-3-7-18(20)23(24)25/h2-11,13,21H,12,14H2,1H3/b22-13+. The Morgan fingerprint density at radius 1 is 1.11 bits per heavy atom. The number of ether oxygens (including phenoxy) is 2. The molecule has 3 aromatic rings. The first-order chi connectivity index (χ1) is 13.7. The highest BCUT2D eigenvalue weighted by molar-refractivity contribution is 5.75. The maximum absolute atomic E-state index is 11.0. The molecule has 0 bridgehead atoms. The summed E-state index contributed by atoms with van der Waals surface area (Å²) in [6.07, 6.45) is 1.55. The third kappa shape index (κ3) is 4.88. The van der Waals surface area contributed by atoms with Crippen molar-refractivity contribution in [1.82, 2.24) is 5.43 Å². The van der Waals surface area contributed by atoms with E-state index in [0.29, 0.717) is 18.1 Å². The Hall–Kier alpha value is -3.81. The molecular weight excluding hydrogens is 362 g/mol. The Kier molecular flexibility index (Phi) is 6.25. The fourth-order valence-corrected chi connectivity index (χ4v) is 2.51. The van der Waals surface area contributed by atoms with E-state index in [9.17, 15) is 10.1 Å². The molecule has 2 aromatic carbocycles. The number of hydrazone groups is 1. The number of para-hydroxylation sites is 3. The average Bonchev–Trinajstić information content (AvgIpc) is 3.18. The lowest BCUT2D eigenvalue weighted by Crippen LogP contribution is -2.06. The van der Waals surface area contributed by atoms with E-state index in [1.54, 1.807) is 43.7 Å². The van der Waals surface area contributed by atoms with Crippen LogP contribution >= 0.6 is 0 Å². The largest absolute Gasteiger partial charge is 0.496 e. The van der Waals surface area contributed by atoms with E-state index in [-0.39, 0.29) is 18.0 Å². The molecule has 0 fully saturated rings. The van der Waals surface area contributed by atoms with Gasteiger partial charge in [0, 0.05) is 11.6 Å². The molecule has 0 radical (unpaired) electrons. The molecule has 0 aliphatic heterocycles. The second kappa shape index (κ2) is 9.22. The van der Waals surface area contributed by atoms with Crippen LogP contribution in [0.4, 0.5) is 5.69 Å². The highest BCUT2D eigenvalue weighted by atomic mass is 16.6. The van der Waals surface area contributed by atoms with Crippen molar-refractivity contribution >= 4 is 11.9 Å². The van der Waals surface area contributed by atoms with Crippen molar-refractivity contribution in [2.75, 3.05) is 7.11 Å². The number of hydrogen-bond donors (Lipinski definition) is 1. The summed E-state index contributed by atoms with van der Waals surface area (Å²) in [5.41, 5.74) is 3.83. The Labute approximate surface area is 161 Å². The van der Waals surface area contributed by atoms with Gasteiger partial charge in [-0.15, -0.1) is 0 Å². The summed E-state index contributed by atoms with van der Waals surface area (Å²) < 4.78 is 16.4. The molecule has 3 rings (SSSR count).